The molecule has 3 aliphatic rings. The predicted molar refractivity (Wildman–Crippen MR) is 106 cm³/mol. The number of hydrogen-bond acceptors (Lipinski definition) is 5. The summed E-state index contributed by atoms with van der Waals surface area (Å²) >= 11 is 0. The summed E-state index contributed by atoms with van der Waals surface area (Å²) < 4.78 is 11.2. The molecule has 3 aliphatic heterocycles. The van der Waals surface area contributed by atoms with E-state index in [9.17, 15) is 14.4 Å². The third-order valence-corrected chi connectivity index (χ3v) is 6.21. The zero-order chi connectivity index (χ0) is 20.9. The highest BCUT2D eigenvalue weighted by Gasteiger charge is 2.52. The van der Waals surface area contributed by atoms with Gasteiger partial charge in [0.25, 0.3) is 5.91 Å². The van der Waals surface area contributed by atoms with E-state index in [4.69, 9.17) is 9.15 Å². The Labute approximate surface area is 173 Å². The fourth-order valence-electron chi connectivity index (χ4n) is 4.76. The number of fused-ring (bicyclic) bond motifs is 4. The van der Waals surface area contributed by atoms with Gasteiger partial charge in [-0.2, -0.15) is 0 Å². The summed E-state index contributed by atoms with van der Waals surface area (Å²) in [4.78, 5) is 42.1. The first kappa shape index (κ1) is 18.7. The molecule has 0 aliphatic carbocycles. The van der Waals surface area contributed by atoms with Crippen LogP contribution in [0.15, 0.2) is 47.1 Å². The zero-order valence-electron chi connectivity index (χ0n) is 16.7. The van der Waals surface area contributed by atoms with Crippen LogP contribution in [-0.2, 0) is 9.59 Å². The SMILES string of the molecule is C[C@@]12C[C@@H](c3ccccc3O1)[C@@H](C(=O)N1CCN(C(=O)c3ccco3)CC1)C(=O)N2. The number of amides is 3. The van der Waals surface area contributed by atoms with E-state index in [0.29, 0.717) is 44.1 Å². The van der Waals surface area contributed by atoms with E-state index in [0.717, 1.165) is 5.56 Å². The number of piperazine rings is 1. The van der Waals surface area contributed by atoms with Crippen molar-refractivity contribution in [3.05, 3.63) is 54.0 Å². The summed E-state index contributed by atoms with van der Waals surface area (Å²) in [6.07, 6.45) is 2.01. The van der Waals surface area contributed by atoms with Crippen LogP contribution in [0.1, 0.15) is 35.4 Å². The number of nitrogens with zero attached hydrogens (tertiary/aromatic N) is 2. The molecule has 1 aromatic heterocycles. The predicted octanol–water partition coefficient (Wildman–Crippen LogP) is 1.59. The van der Waals surface area contributed by atoms with Crippen molar-refractivity contribution < 1.29 is 23.5 Å². The number of para-hydroxylation sites is 1. The lowest BCUT2D eigenvalue weighted by Crippen LogP contribution is -2.64. The largest absolute Gasteiger partial charge is 0.468 e. The van der Waals surface area contributed by atoms with E-state index in [1.54, 1.807) is 21.9 Å². The molecule has 3 amide bonds. The molecule has 0 saturated carbocycles. The number of hydrogen-bond donors (Lipinski definition) is 1. The molecule has 30 heavy (non-hydrogen) atoms. The number of carbonyl (C=O) groups is 3. The second-order valence-corrected chi connectivity index (χ2v) is 8.24. The van der Waals surface area contributed by atoms with E-state index in [-0.39, 0.29) is 23.6 Å². The standard InChI is InChI=1S/C22H23N3O5/c1-22-13-15(14-5-2-3-6-16(14)30-22)18(19(26)23-22)21(28)25-10-8-24(9-11-25)20(27)17-7-4-12-29-17/h2-7,12,15,18H,8-11,13H2,1H3,(H,23,26)/t15-,18+,22-/m0/s1. The molecule has 0 unspecified atom stereocenters. The molecule has 3 atom stereocenters. The lowest BCUT2D eigenvalue weighted by atomic mass is 9.74. The Bertz CT molecular complexity index is 996. The average molecular weight is 409 g/mol. The fourth-order valence-corrected chi connectivity index (χ4v) is 4.76. The number of carbonyl (C=O) groups excluding carboxylic acids is 3. The third kappa shape index (κ3) is 3.03. The summed E-state index contributed by atoms with van der Waals surface area (Å²) in [5.74, 6) is -0.706. The van der Waals surface area contributed by atoms with E-state index in [1.165, 1.54) is 6.26 Å². The van der Waals surface area contributed by atoms with Crippen molar-refractivity contribution in [2.24, 2.45) is 5.92 Å². The van der Waals surface area contributed by atoms with Gasteiger partial charge < -0.3 is 24.3 Å². The van der Waals surface area contributed by atoms with Gasteiger partial charge in [-0.25, -0.2) is 0 Å². The molecule has 2 saturated heterocycles. The van der Waals surface area contributed by atoms with Crippen molar-refractivity contribution in [3.63, 3.8) is 0 Å². The molecule has 156 valence electrons. The maximum Gasteiger partial charge on any atom is 0.289 e. The Kier molecular flexibility index (Phi) is 4.30. The first-order chi connectivity index (χ1) is 14.5. The normalized spacial score (nSPS) is 27.7. The zero-order valence-corrected chi connectivity index (χ0v) is 16.7. The second-order valence-electron chi connectivity index (χ2n) is 8.24. The number of nitrogens with one attached hydrogen (secondary N) is 1. The van der Waals surface area contributed by atoms with Crippen LogP contribution in [0.2, 0.25) is 0 Å². The first-order valence-electron chi connectivity index (χ1n) is 10.2. The maximum atomic E-state index is 13.4. The second kappa shape index (κ2) is 6.90. The Balaban J connectivity index is 1.33. The van der Waals surface area contributed by atoms with Crippen LogP contribution >= 0.6 is 0 Å². The van der Waals surface area contributed by atoms with Gasteiger partial charge in [-0.1, -0.05) is 18.2 Å². The monoisotopic (exact) mass is 409 g/mol. The van der Waals surface area contributed by atoms with Gasteiger partial charge in [-0.15, -0.1) is 0 Å². The lowest BCUT2D eigenvalue weighted by Gasteiger charge is -2.48. The van der Waals surface area contributed by atoms with Crippen LogP contribution in [-0.4, -0.2) is 59.4 Å². The fraction of sp³-hybridized carbons (Fsp3) is 0.409. The molecular formula is C22H23N3O5. The van der Waals surface area contributed by atoms with Gasteiger partial charge in [0.05, 0.1) is 6.26 Å². The summed E-state index contributed by atoms with van der Waals surface area (Å²) in [5.41, 5.74) is 0.0934. The van der Waals surface area contributed by atoms with Crippen molar-refractivity contribution in [1.29, 1.82) is 0 Å². The number of piperidine rings is 1. The van der Waals surface area contributed by atoms with Gasteiger partial charge in [0.15, 0.2) is 11.5 Å². The highest BCUT2D eigenvalue weighted by atomic mass is 16.5. The Morgan fingerprint density at radius 2 is 1.80 bits per heavy atom. The van der Waals surface area contributed by atoms with E-state index >= 15 is 0 Å². The average Bonchev–Trinajstić information content (AvgIpc) is 3.27. The molecule has 1 N–H and O–H groups in total. The molecular weight excluding hydrogens is 386 g/mol. The van der Waals surface area contributed by atoms with Crippen LogP contribution in [0, 0.1) is 5.92 Å². The molecule has 2 aromatic rings. The molecule has 4 heterocycles. The summed E-state index contributed by atoms with van der Waals surface area (Å²) in [5, 5.41) is 2.90. The smallest absolute Gasteiger partial charge is 0.289 e. The van der Waals surface area contributed by atoms with Crippen molar-refractivity contribution >= 4 is 17.7 Å². The van der Waals surface area contributed by atoms with Gasteiger partial charge >= 0.3 is 0 Å². The minimum absolute atomic E-state index is 0.184. The molecule has 0 radical (unpaired) electrons. The van der Waals surface area contributed by atoms with Gasteiger partial charge in [0, 0.05) is 38.5 Å². The lowest BCUT2D eigenvalue weighted by molar-refractivity contribution is -0.153. The van der Waals surface area contributed by atoms with E-state index in [2.05, 4.69) is 5.32 Å². The van der Waals surface area contributed by atoms with Crippen molar-refractivity contribution in [2.75, 3.05) is 26.2 Å². The molecule has 1 aromatic carbocycles. The van der Waals surface area contributed by atoms with Gasteiger partial charge in [0.2, 0.25) is 11.8 Å². The highest BCUT2D eigenvalue weighted by molar-refractivity contribution is 6.02. The molecule has 8 nitrogen and oxygen atoms in total. The molecule has 5 rings (SSSR count). The van der Waals surface area contributed by atoms with Gasteiger partial charge in [-0.05, 0) is 30.7 Å². The van der Waals surface area contributed by atoms with Crippen LogP contribution in [0.3, 0.4) is 0 Å². The Hall–Kier alpha value is -3.29. The summed E-state index contributed by atoms with van der Waals surface area (Å²) in [6.45, 7) is 3.42. The molecule has 2 bridgehead atoms. The maximum absolute atomic E-state index is 13.4. The van der Waals surface area contributed by atoms with E-state index < -0.39 is 11.6 Å². The Morgan fingerprint density at radius 1 is 1.07 bits per heavy atom. The molecule has 2 fully saturated rings. The van der Waals surface area contributed by atoms with E-state index in [1.807, 2.05) is 31.2 Å². The van der Waals surface area contributed by atoms with Crippen molar-refractivity contribution in [1.82, 2.24) is 15.1 Å². The topological polar surface area (TPSA) is 92.1 Å². The Morgan fingerprint density at radius 3 is 2.53 bits per heavy atom. The van der Waals surface area contributed by atoms with Gasteiger partial charge in [-0.3, -0.25) is 14.4 Å². The van der Waals surface area contributed by atoms with Gasteiger partial charge in [0.1, 0.15) is 11.7 Å². The van der Waals surface area contributed by atoms with Crippen LogP contribution in [0.25, 0.3) is 0 Å². The van der Waals surface area contributed by atoms with Crippen LogP contribution < -0.4 is 10.1 Å². The number of benzene rings is 1. The van der Waals surface area contributed by atoms with Crippen molar-refractivity contribution in [2.45, 2.75) is 25.0 Å². The number of furan rings is 1. The first-order valence-corrected chi connectivity index (χ1v) is 10.2. The van der Waals surface area contributed by atoms with Crippen LogP contribution in [0.4, 0.5) is 0 Å². The van der Waals surface area contributed by atoms with Crippen LogP contribution in [0.5, 0.6) is 5.75 Å². The number of rotatable bonds is 2. The third-order valence-electron chi connectivity index (χ3n) is 6.21. The summed E-state index contributed by atoms with van der Waals surface area (Å²) in [6, 6.07) is 10.9. The quantitative estimate of drug-likeness (QED) is 0.761. The number of ether oxygens (including phenoxy) is 1. The summed E-state index contributed by atoms with van der Waals surface area (Å²) in [7, 11) is 0. The molecule has 8 heteroatoms. The minimum atomic E-state index is -0.805. The highest BCUT2D eigenvalue weighted by Crippen LogP contribution is 2.47. The minimum Gasteiger partial charge on any atom is -0.468 e. The molecule has 0 spiro atoms. The van der Waals surface area contributed by atoms with Crippen molar-refractivity contribution in [3.8, 4) is 5.75 Å².